The summed E-state index contributed by atoms with van der Waals surface area (Å²) < 4.78 is 7.54. The van der Waals surface area contributed by atoms with E-state index >= 15 is 0 Å². The average Bonchev–Trinajstić information content (AvgIpc) is 3.37. The van der Waals surface area contributed by atoms with E-state index in [9.17, 15) is 10.1 Å². The second-order valence-electron chi connectivity index (χ2n) is 6.00. The predicted octanol–water partition coefficient (Wildman–Crippen LogP) is 4.25. The number of rotatable bonds is 6. The van der Waals surface area contributed by atoms with Crippen molar-refractivity contribution in [3.63, 3.8) is 0 Å². The summed E-state index contributed by atoms with van der Waals surface area (Å²) in [4.78, 5) is 14.6. The molecule has 0 spiro atoms. The molecule has 8 nitrogen and oxygen atoms in total. The van der Waals surface area contributed by atoms with Crippen molar-refractivity contribution >= 4 is 17.9 Å². The third-order valence-corrected chi connectivity index (χ3v) is 4.11. The van der Waals surface area contributed by atoms with E-state index in [1.807, 2.05) is 53.2 Å². The van der Waals surface area contributed by atoms with Crippen molar-refractivity contribution in [2.45, 2.75) is 6.54 Å². The Balaban J connectivity index is 1.48. The maximum atomic E-state index is 10.8. The minimum Gasteiger partial charge on any atom is -0.402 e. The quantitative estimate of drug-likeness (QED) is 0.286. The van der Waals surface area contributed by atoms with Crippen LogP contribution in [0.2, 0.25) is 0 Å². The van der Waals surface area contributed by atoms with Gasteiger partial charge in [0.1, 0.15) is 0 Å². The maximum Gasteiger partial charge on any atom is 0.342 e. The van der Waals surface area contributed by atoms with Gasteiger partial charge in [-0.25, -0.2) is 0 Å². The lowest BCUT2D eigenvalue weighted by Gasteiger charge is -2.06. The summed E-state index contributed by atoms with van der Waals surface area (Å²) in [5.41, 5.74) is 2.69. The number of nitro groups is 1. The lowest BCUT2D eigenvalue weighted by atomic mass is 10.2. The Morgan fingerprint density at radius 3 is 2.57 bits per heavy atom. The zero-order valence-electron chi connectivity index (χ0n) is 14.7. The topological polar surface area (TPSA) is 99.3 Å². The van der Waals surface area contributed by atoms with E-state index in [4.69, 9.17) is 4.42 Å². The van der Waals surface area contributed by atoms with Gasteiger partial charge in [-0.15, -0.1) is 5.10 Å². The van der Waals surface area contributed by atoms with Crippen molar-refractivity contribution in [3.05, 3.63) is 94.3 Å². The number of aliphatic imine (C=N–C) groups is 1. The SMILES string of the molecule is O=[N+]([O-])c1ccc(Cn2cccc2/C=N/c2nnc(-c3ccccc3)o2)cc1. The van der Waals surface area contributed by atoms with Crippen LogP contribution >= 0.6 is 0 Å². The van der Waals surface area contributed by atoms with Crippen LogP contribution in [0.25, 0.3) is 11.5 Å². The number of nitro benzene ring substituents is 1. The van der Waals surface area contributed by atoms with Gasteiger partial charge >= 0.3 is 6.01 Å². The van der Waals surface area contributed by atoms with E-state index in [2.05, 4.69) is 15.2 Å². The highest BCUT2D eigenvalue weighted by molar-refractivity contribution is 5.79. The van der Waals surface area contributed by atoms with Crippen LogP contribution in [-0.4, -0.2) is 25.9 Å². The van der Waals surface area contributed by atoms with Crippen LogP contribution < -0.4 is 0 Å². The largest absolute Gasteiger partial charge is 0.402 e. The smallest absolute Gasteiger partial charge is 0.342 e. The Morgan fingerprint density at radius 2 is 1.82 bits per heavy atom. The third kappa shape index (κ3) is 3.85. The molecule has 0 saturated heterocycles. The van der Waals surface area contributed by atoms with Crippen LogP contribution in [0.1, 0.15) is 11.3 Å². The summed E-state index contributed by atoms with van der Waals surface area (Å²) in [5, 5.41) is 18.7. The molecular formula is C20H15N5O3. The first kappa shape index (κ1) is 17.3. The van der Waals surface area contributed by atoms with Gasteiger partial charge in [0.15, 0.2) is 0 Å². The first-order valence-electron chi connectivity index (χ1n) is 8.50. The lowest BCUT2D eigenvalue weighted by molar-refractivity contribution is -0.384. The summed E-state index contributed by atoms with van der Waals surface area (Å²) in [6.07, 6.45) is 3.56. The molecule has 0 bridgehead atoms. The Bertz CT molecular complexity index is 1110. The molecule has 4 rings (SSSR count). The van der Waals surface area contributed by atoms with Gasteiger partial charge in [0.05, 0.1) is 16.8 Å². The van der Waals surface area contributed by atoms with Gasteiger partial charge in [0.2, 0.25) is 5.89 Å². The molecule has 0 fully saturated rings. The number of benzene rings is 2. The standard InChI is InChI=1S/C20H15N5O3/c26-25(27)17-10-8-15(9-11-17)14-24-12-4-7-18(24)13-21-20-23-22-19(28-20)16-5-2-1-3-6-16/h1-13H,14H2/b21-13+. The van der Waals surface area contributed by atoms with Gasteiger partial charge in [-0.1, -0.05) is 35.4 Å². The fourth-order valence-corrected chi connectivity index (χ4v) is 2.69. The van der Waals surface area contributed by atoms with Crippen LogP contribution in [0.4, 0.5) is 11.7 Å². The monoisotopic (exact) mass is 373 g/mol. The molecule has 0 radical (unpaired) electrons. The number of hydrogen-bond acceptors (Lipinski definition) is 6. The fraction of sp³-hybridized carbons (Fsp3) is 0.0500. The molecule has 0 amide bonds. The molecule has 8 heteroatoms. The van der Waals surface area contributed by atoms with Gasteiger partial charge in [0, 0.05) is 30.4 Å². The highest BCUT2D eigenvalue weighted by atomic mass is 16.6. The molecule has 2 heterocycles. The molecule has 28 heavy (non-hydrogen) atoms. The molecule has 138 valence electrons. The van der Waals surface area contributed by atoms with Crippen molar-refractivity contribution in [3.8, 4) is 11.5 Å². The third-order valence-electron chi connectivity index (χ3n) is 4.11. The molecule has 4 aromatic rings. The molecule has 0 unspecified atom stereocenters. The molecule has 0 aliphatic carbocycles. The van der Waals surface area contributed by atoms with E-state index < -0.39 is 4.92 Å². The normalized spacial score (nSPS) is 11.1. The first-order chi connectivity index (χ1) is 13.7. The van der Waals surface area contributed by atoms with Gasteiger partial charge in [-0.05, 0) is 29.8 Å². The van der Waals surface area contributed by atoms with Crippen LogP contribution in [0.5, 0.6) is 0 Å². The van der Waals surface area contributed by atoms with Gasteiger partial charge in [-0.3, -0.25) is 10.1 Å². The summed E-state index contributed by atoms with van der Waals surface area (Å²) in [6.45, 7) is 0.561. The highest BCUT2D eigenvalue weighted by Gasteiger charge is 2.08. The molecule has 0 saturated carbocycles. The fourth-order valence-electron chi connectivity index (χ4n) is 2.69. The van der Waals surface area contributed by atoms with E-state index in [0.29, 0.717) is 12.4 Å². The van der Waals surface area contributed by atoms with Crippen molar-refractivity contribution in [2.24, 2.45) is 4.99 Å². The molecule has 2 aromatic heterocycles. The van der Waals surface area contributed by atoms with E-state index in [1.165, 1.54) is 12.1 Å². The molecule has 0 atom stereocenters. The van der Waals surface area contributed by atoms with Crippen molar-refractivity contribution in [1.82, 2.24) is 14.8 Å². The zero-order valence-corrected chi connectivity index (χ0v) is 14.7. The van der Waals surface area contributed by atoms with Gasteiger partial charge in [-0.2, -0.15) is 4.99 Å². The second kappa shape index (κ2) is 7.67. The number of nitrogens with zero attached hydrogens (tertiary/aromatic N) is 5. The zero-order chi connectivity index (χ0) is 19.3. The molecule has 0 N–H and O–H groups in total. The summed E-state index contributed by atoms with van der Waals surface area (Å²) >= 11 is 0. The van der Waals surface area contributed by atoms with Crippen LogP contribution in [0, 0.1) is 10.1 Å². The average molecular weight is 373 g/mol. The van der Waals surface area contributed by atoms with Gasteiger partial charge < -0.3 is 8.98 Å². The molecule has 0 aliphatic rings. The maximum absolute atomic E-state index is 10.8. The predicted molar refractivity (Wildman–Crippen MR) is 104 cm³/mol. The molecule has 0 aliphatic heterocycles. The molecular weight excluding hydrogens is 358 g/mol. The molecule has 2 aromatic carbocycles. The Hall–Kier alpha value is -4.07. The Morgan fingerprint density at radius 1 is 1.04 bits per heavy atom. The lowest BCUT2D eigenvalue weighted by Crippen LogP contribution is -2.02. The Labute approximate surface area is 160 Å². The van der Waals surface area contributed by atoms with Crippen LogP contribution in [0.15, 0.2) is 82.3 Å². The van der Waals surface area contributed by atoms with Crippen molar-refractivity contribution in [2.75, 3.05) is 0 Å². The second-order valence-corrected chi connectivity index (χ2v) is 6.00. The highest BCUT2D eigenvalue weighted by Crippen LogP contribution is 2.20. The van der Waals surface area contributed by atoms with Crippen LogP contribution in [-0.2, 0) is 6.54 Å². The Kier molecular flexibility index (Phi) is 4.75. The van der Waals surface area contributed by atoms with Gasteiger partial charge in [0.25, 0.3) is 5.69 Å². The van der Waals surface area contributed by atoms with E-state index in [0.717, 1.165) is 16.8 Å². The summed E-state index contributed by atoms with van der Waals surface area (Å²) in [7, 11) is 0. The van der Waals surface area contributed by atoms with E-state index in [1.54, 1.807) is 18.3 Å². The minimum atomic E-state index is -0.411. The minimum absolute atomic E-state index is 0.0728. The van der Waals surface area contributed by atoms with E-state index in [-0.39, 0.29) is 11.7 Å². The number of hydrogen-bond donors (Lipinski definition) is 0. The van der Waals surface area contributed by atoms with Crippen molar-refractivity contribution in [1.29, 1.82) is 0 Å². The summed E-state index contributed by atoms with van der Waals surface area (Å²) in [6, 6.07) is 19.9. The summed E-state index contributed by atoms with van der Waals surface area (Å²) in [5.74, 6) is 0.411. The number of aromatic nitrogens is 3. The van der Waals surface area contributed by atoms with Crippen LogP contribution in [0.3, 0.4) is 0 Å². The van der Waals surface area contributed by atoms with Crippen molar-refractivity contribution < 1.29 is 9.34 Å². The number of non-ortho nitro benzene ring substituents is 1. The first-order valence-corrected chi connectivity index (χ1v) is 8.50.